The van der Waals surface area contributed by atoms with E-state index in [-0.39, 0.29) is 0 Å². The van der Waals surface area contributed by atoms with E-state index in [0.29, 0.717) is 5.71 Å². The van der Waals surface area contributed by atoms with Crippen molar-refractivity contribution in [3.05, 3.63) is 18.3 Å². The van der Waals surface area contributed by atoms with Crippen molar-refractivity contribution in [2.75, 3.05) is 31.1 Å². The molecule has 1 aliphatic rings. The Hall–Kier alpha value is -1.62. The summed E-state index contributed by atoms with van der Waals surface area (Å²) in [5.41, 5.74) is 0.617. The van der Waals surface area contributed by atoms with Crippen molar-refractivity contribution < 1.29 is 4.52 Å². The molecule has 0 unspecified atom stereocenters. The standard InChI is InChI=1S/C10H12N4O/c1-2-8-9(13-15-10(8)12-3-1)14-6-4-11-5-7-14/h1-3,11H,4-7H2. The van der Waals surface area contributed by atoms with Crippen molar-refractivity contribution in [2.45, 2.75) is 0 Å². The summed E-state index contributed by atoms with van der Waals surface area (Å²) in [7, 11) is 0. The molecule has 2 aromatic heterocycles. The number of anilines is 1. The van der Waals surface area contributed by atoms with Gasteiger partial charge in [-0.3, -0.25) is 0 Å². The maximum atomic E-state index is 5.18. The van der Waals surface area contributed by atoms with Gasteiger partial charge in [-0.25, -0.2) is 4.98 Å². The second-order valence-corrected chi connectivity index (χ2v) is 3.60. The number of nitrogens with zero attached hydrogens (tertiary/aromatic N) is 3. The molecule has 0 amide bonds. The van der Waals surface area contributed by atoms with Gasteiger partial charge in [0.25, 0.3) is 5.71 Å². The van der Waals surface area contributed by atoms with Crippen LogP contribution in [0.3, 0.4) is 0 Å². The predicted octanol–water partition coefficient (Wildman–Crippen LogP) is 0.632. The van der Waals surface area contributed by atoms with E-state index in [9.17, 15) is 0 Å². The minimum absolute atomic E-state index is 0.617. The van der Waals surface area contributed by atoms with Crippen LogP contribution in [0.15, 0.2) is 22.9 Å². The average molecular weight is 204 g/mol. The van der Waals surface area contributed by atoms with E-state index in [0.717, 1.165) is 37.4 Å². The molecule has 0 radical (unpaired) electrons. The molecule has 1 N–H and O–H groups in total. The zero-order chi connectivity index (χ0) is 10.1. The molecule has 5 nitrogen and oxygen atoms in total. The minimum atomic E-state index is 0.617. The monoisotopic (exact) mass is 204 g/mol. The van der Waals surface area contributed by atoms with Crippen LogP contribution in [-0.2, 0) is 0 Å². The Balaban J connectivity index is 2.02. The maximum Gasteiger partial charge on any atom is 0.259 e. The van der Waals surface area contributed by atoms with Crippen molar-refractivity contribution in [3.8, 4) is 0 Å². The molecule has 0 spiro atoms. The first kappa shape index (κ1) is 8.67. The van der Waals surface area contributed by atoms with Gasteiger partial charge in [0, 0.05) is 32.4 Å². The number of hydrogen-bond acceptors (Lipinski definition) is 5. The zero-order valence-corrected chi connectivity index (χ0v) is 8.31. The highest BCUT2D eigenvalue weighted by Gasteiger charge is 2.17. The molecule has 0 bridgehead atoms. The smallest absolute Gasteiger partial charge is 0.259 e. The minimum Gasteiger partial charge on any atom is -0.351 e. The van der Waals surface area contributed by atoms with Gasteiger partial charge in [-0.1, -0.05) is 5.16 Å². The van der Waals surface area contributed by atoms with E-state index in [1.54, 1.807) is 6.20 Å². The Morgan fingerprint density at radius 3 is 3.07 bits per heavy atom. The highest BCUT2D eigenvalue weighted by Crippen LogP contribution is 2.24. The lowest BCUT2D eigenvalue weighted by Gasteiger charge is -2.26. The molecule has 3 rings (SSSR count). The second kappa shape index (κ2) is 3.51. The number of hydrogen-bond donors (Lipinski definition) is 1. The van der Waals surface area contributed by atoms with E-state index in [4.69, 9.17) is 4.52 Å². The first-order chi connectivity index (χ1) is 7.45. The van der Waals surface area contributed by atoms with Gasteiger partial charge in [-0.15, -0.1) is 0 Å². The van der Waals surface area contributed by atoms with Crippen molar-refractivity contribution in [2.24, 2.45) is 0 Å². The molecular formula is C10H12N4O. The molecule has 0 atom stereocenters. The molecular weight excluding hydrogens is 192 g/mol. The van der Waals surface area contributed by atoms with Crippen LogP contribution in [-0.4, -0.2) is 36.3 Å². The third kappa shape index (κ3) is 1.45. The molecule has 2 aromatic rings. The van der Waals surface area contributed by atoms with Crippen molar-refractivity contribution in [1.29, 1.82) is 0 Å². The van der Waals surface area contributed by atoms with E-state index >= 15 is 0 Å². The van der Waals surface area contributed by atoms with E-state index in [2.05, 4.69) is 20.4 Å². The molecule has 0 saturated carbocycles. The van der Waals surface area contributed by atoms with Crippen LogP contribution >= 0.6 is 0 Å². The van der Waals surface area contributed by atoms with Crippen LogP contribution in [0, 0.1) is 0 Å². The van der Waals surface area contributed by atoms with Gasteiger partial charge < -0.3 is 14.7 Å². The Morgan fingerprint density at radius 1 is 1.33 bits per heavy atom. The van der Waals surface area contributed by atoms with Crippen molar-refractivity contribution in [1.82, 2.24) is 15.5 Å². The summed E-state index contributed by atoms with van der Waals surface area (Å²) in [5, 5.41) is 8.39. The summed E-state index contributed by atoms with van der Waals surface area (Å²) in [5.74, 6) is 0.916. The van der Waals surface area contributed by atoms with E-state index in [1.165, 1.54) is 0 Å². The second-order valence-electron chi connectivity index (χ2n) is 3.60. The highest BCUT2D eigenvalue weighted by atomic mass is 16.5. The number of pyridine rings is 1. The number of aromatic nitrogens is 2. The number of piperazine rings is 1. The number of nitrogens with one attached hydrogen (secondary N) is 1. The molecule has 0 aliphatic carbocycles. The van der Waals surface area contributed by atoms with Crippen LogP contribution in [0.4, 0.5) is 5.82 Å². The van der Waals surface area contributed by atoms with Gasteiger partial charge in [0.1, 0.15) is 0 Å². The molecule has 78 valence electrons. The van der Waals surface area contributed by atoms with Crippen LogP contribution in [0.2, 0.25) is 0 Å². The fourth-order valence-corrected chi connectivity index (χ4v) is 1.87. The lowest BCUT2D eigenvalue weighted by molar-refractivity contribution is 0.444. The topological polar surface area (TPSA) is 54.2 Å². The fourth-order valence-electron chi connectivity index (χ4n) is 1.87. The van der Waals surface area contributed by atoms with Crippen LogP contribution in [0.1, 0.15) is 0 Å². The van der Waals surface area contributed by atoms with Gasteiger partial charge in [0.2, 0.25) is 0 Å². The lowest BCUT2D eigenvalue weighted by atomic mass is 10.3. The fraction of sp³-hybridized carbons (Fsp3) is 0.400. The van der Waals surface area contributed by atoms with E-state index in [1.807, 2.05) is 12.1 Å². The molecule has 0 aromatic carbocycles. The van der Waals surface area contributed by atoms with Gasteiger partial charge >= 0.3 is 0 Å². The Bertz CT molecular complexity index is 461. The van der Waals surface area contributed by atoms with Gasteiger partial charge in [0.05, 0.1) is 5.39 Å². The SMILES string of the molecule is c1cnc2onc(N3CCNCC3)c2c1. The summed E-state index contributed by atoms with van der Waals surface area (Å²) in [6.45, 7) is 3.93. The molecule has 3 heterocycles. The quantitative estimate of drug-likeness (QED) is 0.738. The average Bonchev–Trinajstić information content (AvgIpc) is 2.74. The Kier molecular flexibility index (Phi) is 2.03. The molecule has 1 aliphatic heterocycles. The normalized spacial score (nSPS) is 17.2. The summed E-state index contributed by atoms with van der Waals surface area (Å²) in [6.07, 6.45) is 1.72. The third-order valence-electron chi connectivity index (χ3n) is 2.65. The molecule has 15 heavy (non-hydrogen) atoms. The molecule has 1 saturated heterocycles. The van der Waals surface area contributed by atoms with Crippen molar-refractivity contribution >= 4 is 16.9 Å². The van der Waals surface area contributed by atoms with Crippen LogP contribution < -0.4 is 10.2 Å². The van der Waals surface area contributed by atoms with Crippen LogP contribution in [0.5, 0.6) is 0 Å². The van der Waals surface area contributed by atoms with Crippen LogP contribution in [0.25, 0.3) is 11.1 Å². The summed E-state index contributed by atoms with van der Waals surface area (Å²) in [6, 6.07) is 3.90. The van der Waals surface area contributed by atoms with E-state index < -0.39 is 0 Å². The summed E-state index contributed by atoms with van der Waals surface area (Å²) >= 11 is 0. The van der Waals surface area contributed by atoms with Crippen molar-refractivity contribution in [3.63, 3.8) is 0 Å². The third-order valence-corrected chi connectivity index (χ3v) is 2.65. The van der Waals surface area contributed by atoms with Gasteiger partial charge in [-0.05, 0) is 12.1 Å². The summed E-state index contributed by atoms with van der Waals surface area (Å²) in [4.78, 5) is 6.35. The maximum absolute atomic E-state index is 5.18. The predicted molar refractivity (Wildman–Crippen MR) is 56.9 cm³/mol. The molecule has 1 fully saturated rings. The summed E-state index contributed by atoms with van der Waals surface area (Å²) < 4.78 is 5.18. The lowest BCUT2D eigenvalue weighted by Crippen LogP contribution is -2.43. The first-order valence-corrected chi connectivity index (χ1v) is 5.11. The first-order valence-electron chi connectivity index (χ1n) is 5.11. The Labute approximate surface area is 87.1 Å². The zero-order valence-electron chi connectivity index (χ0n) is 8.31. The Morgan fingerprint density at radius 2 is 2.20 bits per heavy atom. The van der Waals surface area contributed by atoms with Gasteiger partial charge in [-0.2, -0.15) is 0 Å². The number of rotatable bonds is 1. The van der Waals surface area contributed by atoms with Gasteiger partial charge in [0.15, 0.2) is 5.82 Å². The largest absolute Gasteiger partial charge is 0.351 e. The highest BCUT2D eigenvalue weighted by molar-refractivity contribution is 5.85. The molecule has 5 heteroatoms. The number of fused-ring (bicyclic) bond motifs is 1.